The molecule has 144 valence electrons. The minimum absolute atomic E-state index is 0.105. The van der Waals surface area contributed by atoms with Crippen LogP contribution in [-0.4, -0.2) is 39.3 Å². The second-order valence-electron chi connectivity index (χ2n) is 7.22. The van der Waals surface area contributed by atoms with Crippen LogP contribution in [0.3, 0.4) is 0 Å². The van der Waals surface area contributed by atoms with Crippen molar-refractivity contribution >= 4 is 11.8 Å². The van der Waals surface area contributed by atoms with E-state index in [1.165, 1.54) is 0 Å². The molecule has 0 spiro atoms. The summed E-state index contributed by atoms with van der Waals surface area (Å²) in [6, 6.07) is 0. The Labute approximate surface area is 151 Å². The van der Waals surface area contributed by atoms with Crippen LogP contribution in [0.25, 0.3) is 0 Å². The Morgan fingerprint density at radius 1 is 1.20 bits per heavy atom. The van der Waals surface area contributed by atoms with Gasteiger partial charge in [-0.15, -0.1) is 0 Å². The summed E-state index contributed by atoms with van der Waals surface area (Å²) < 4.78 is 0. The maximum absolute atomic E-state index is 12.1. The zero-order valence-electron chi connectivity index (χ0n) is 15.4. The number of carboxylic acid groups (broad SMARTS) is 1. The predicted molar refractivity (Wildman–Crippen MR) is 97.2 cm³/mol. The third-order valence-electron chi connectivity index (χ3n) is 5.05. The van der Waals surface area contributed by atoms with E-state index in [0.717, 1.165) is 51.4 Å². The molecule has 0 aromatic rings. The van der Waals surface area contributed by atoms with Crippen LogP contribution in [0, 0.1) is 11.8 Å². The number of aliphatic hydroxyl groups is 2. The molecule has 5 heteroatoms. The fourth-order valence-electron chi connectivity index (χ4n) is 3.54. The smallest absolute Gasteiger partial charge is 0.303 e. The van der Waals surface area contributed by atoms with Gasteiger partial charge < -0.3 is 15.3 Å². The number of aliphatic carboxylic acids is 1. The Morgan fingerprint density at radius 2 is 1.92 bits per heavy atom. The van der Waals surface area contributed by atoms with E-state index < -0.39 is 18.2 Å². The van der Waals surface area contributed by atoms with Gasteiger partial charge in [0.1, 0.15) is 5.78 Å². The third kappa shape index (κ3) is 8.63. The van der Waals surface area contributed by atoms with Crippen molar-refractivity contribution in [1.82, 2.24) is 0 Å². The number of ketones is 1. The summed E-state index contributed by atoms with van der Waals surface area (Å²) in [7, 11) is 0. The van der Waals surface area contributed by atoms with Crippen molar-refractivity contribution in [3.63, 3.8) is 0 Å². The van der Waals surface area contributed by atoms with Crippen LogP contribution in [0.5, 0.6) is 0 Å². The SMILES string of the molecule is CCCCCC(O)C=CC1C(O)CC(=O)C1CCCCCCC(=O)O. The van der Waals surface area contributed by atoms with E-state index >= 15 is 0 Å². The summed E-state index contributed by atoms with van der Waals surface area (Å²) in [5, 5.41) is 28.7. The van der Waals surface area contributed by atoms with Gasteiger partial charge in [-0.25, -0.2) is 0 Å². The number of carbonyl (C=O) groups excluding carboxylic acids is 1. The van der Waals surface area contributed by atoms with Gasteiger partial charge in [0.15, 0.2) is 0 Å². The molecule has 0 aromatic heterocycles. The monoisotopic (exact) mass is 354 g/mol. The first-order valence-electron chi connectivity index (χ1n) is 9.74. The van der Waals surface area contributed by atoms with Crippen LogP contribution in [0.1, 0.15) is 77.6 Å². The molecule has 0 aliphatic heterocycles. The van der Waals surface area contributed by atoms with Crippen molar-refractivity contribution in [3.05, 3.63) is 12.2 Å². The second-order valence-corrected chi connectivity index (χ2v) is 7.22. The van der Waals surface area contributed by atoms with E-state index in [-0.39, 0.29) is 30.5 Å². The molecule has 4 unspecified atom stereocenters. The standard InChI is InChI=1S/C20H34O5/c1-2-3-6-9-15(21)12-13-17-16(18(22)14-19(17)23)10-7-4-5-8-11-20(24)25/h12-13,15-17,19,21,23H,2-11,14H2,1H3,(H,24,25). The molecule has 1 fully saturated rings. The molecule has 0 saturated heterocycles. The van der Waals surface area contributed by atoms with Crippen LogP contribution >= 0.6 is 0 Å². The Balaban J connectivity index is 2.39. The van der Waals surface area contributed by atoms with E-state index in [1.807, 2.05) is 6.08 Å². The Hall–Kier alpha value is -1.20. The molecule has 0 aromatic carbocycles. The second kappa shape index (κ2) is 12.2. The summed E-state index contributed by atoms with van der Waals surface area (Å²) in [6.45, 7) is 2.12. The number of hydrogen-bond acceptors (Lipinski definition) is 4. The van der Waals surface area contributed by atoms with Crippen molar-refractivity contribution in [1.29, 1.82) is 0 Å². The molecule has 0 radical (unpaired) electrons. The largest absolute Gasteiger partial charge is 0.481 e. The maximum atomic E-state index is 12.1. The van der Waals surface area contributed by atoms with Crippen LogP contribution in [-0.2, 0) is 9.59 Å². The van der Waals surface area contributed by atoms with Gasteiger partial charge in [-0.1, -0.05) is 57.6 Å². The maximum Gasteiger partial charge on any atom is 0.303 e. The summed E-state index contributed by atoms with van der Waals surface area (Å²) in [5.74, 6) is -1.04. The van der Waals surface area contributed by atoms with Gasteiger partial charge in [0.05, 0.1) is 12.2 Å². The van der Waals surface area contributed by atoms with Crippen LogP contribution in [0.2, 0.25) is 0 Å². The number of carbonyl (C=O) groups is 2. The fourth-order valence-corrected chi connectivity index (χ4v) is 3.54. The van der Waals surface area contributed by atoms with Gasteiger partial charge in [-0.05, 0) is 19.3 Å². The first kappa shape index (κ1) is 21.8. The number of aliphatic hydroxyl groups excluding tert-OH is 2. The first-order chi connectivity index (χ1) is 12.0. The van der Waals surface area contributed by atoms with E-state index in [0.29, 0.717) is 6.42 Å². The number of rotatable bonds is 13. The Kier molecular flexibility index (Phi) is 10.7. The highest BCUT2D eigenvalue weighted by atomic mass is 16.4. The fraction of sp³-hybridized carbons (Fsp3) is 0.800. The summed E-state index contributed by atoms with van der Waals surface area (Å²) >= 11 is 0. The molecule has 1 rings (SSSR count). The lowest BCUT2D eigenvalue weighted by Crippen LogP contribution is -2.19. The average Bonchev–Trinajstić information content (AvgIpc) is 2.82. The van der Waals surface area contributed by atoms with Gasteiger partial charge in [0.25, 0.3) is 0 Å². The van der Waals surface area contributed by atoms with Crippen LogP contribution in [0.4, 0.5) is 0 Å². The lowest BCUT2D eigenvalue weighted by Gasteiger charge is -2.18. The number of hydrogen-bond donors (Lipinski definition) is 3. The van der Waals surface area contributed by atoms with Gasteiger partial charge in [0.2, 0.25) is 0 Å². The summed E-state index contributed by atoms with van der Waals surface area (Å²) in [5.41, 5.74) is 0. The minimum Gasteiger partial charge on any atom is -0.481 e. The average molecular weight is 354 g/mol. The quantitative estimate of drug-likeness (QED) is 0.348. The van der Waals surface area contributed by atoms with Crippen LogP contribution < -0.4 is 0 Å². The lowest BCUT2D eigenvalue weighted by molar-refractivity contribution is -0.137. The Morgan fingerprint density at radius 3 is 2.60 bits per heavy atom. The van der Waals surface area contributed by atoms with Crippen molar-refractivity contribution in [2.75, 3.05) is 0 Å². The zero-order chi connectivity index (χ0) is 18.7. The molecule has 1 aliphatic carbocycles. The zero-order valence-corrected chi connectivity index (χ0v) is 15.4. The molecule has 1 aliphatic rings. The molecular formula is C20H34O5. The summed E-state index contributed by atoms with van der Waals surface area (Å²) in [4.78, 5) is 22.6. The molecule has 0 heterocycles. The topological polar surface area (TPSA) is 94.8 Å². The van der Waals surface area contributed by atoms with Gasteiger partial charge in [-0.3, -0.25) is 9.59 Å². The molecule has 1 saturated carbocycles. The van der Waals surface area contributed by atoms with Crippen molar-refractivity contribution in [2.45, 2.75) is 89.8 Å². The lowest BCUT2D eigenvalue weighted by atomic mass is 9.88. The van der Waals surface area contributed by atoms with Gasteiger partial charge in [-0.2, -0.15) is 0 Å². The molecular weight excluding hydrogens is 320 g/mol. The van der Waals surface area contributed by atoms with E-state index in [1.54, 1.807) is 6.08 Å². The van der Waals surface area contributed by atoms with Crippen molar-refractivity contribution < 1.29 is 24.9 Å². The van der Waals surface area contributed by atoms with Gasteiger partial charge >= 0.3 is 5.97 Å². The highest BCUT2D eigenvalue weighted by Gasteiger charge is 2.39. The number of Topliss-reactive ketones (excluding diaryl/α,β-unsaturated/α-hetero) is 1. The number of unbranched alkanes of at least 4 members (excludes halogenated alkanes) is 5. The third-order valence-corrected chi connectivity index (χ3v) is 5.05. The van der Waals surface area contributed by atoms with Crippen molar-refractivity contribution in [3.8, 4) is 0 Å². The highest BCUT2D eigenvalue weighted by molar-refractivity contribution is 5.84. The summed E-state index contributed by atoms with van der Waals surface area (Å²) in [6.07, 6.45) is 10.7. The molecule has 3 N–H and O–H groups in total. The Bertz CT molecular complexity index is 432. The van der Waals surface area contributed by atoms with E-state index in [9.17, 15) is 19.8 Å². The normalized spacial score (nSPS) is 24.9. The molecule has 0 bridgehead atoms. The van der Waals surface area contributed by atoms with Crippen LogP contribution in [0.15, 0.2) is 12.2 Å². The van der Waals surface area contributed by atoms with Crippen molar-refractivity contribution in [2.24, 2.45) is 11.8 Å². The van der Waals surface area contributed by atoms with E-state index in [4.69, 9.17) is 5.11 Å². The van der Waals surface area contributed by atoms with E-state index in [2.05, 4.69) is 6.92 Å². The molecule has 5 nitrogen and oxygen atoms in total. The highest BCUT2D eigenvalue weighted by Crippen LogP contribution is 2.34. The molecule has 0 amide bonds. The predicted octanol–water partition coefficient (Wildman–Crippen LogP) is 3.48. The number of carboxylic acids is 1. The minimum atomic E-state index is -0.767. The first-order valence-corrected chi connectivity index (χ1v) is 9.74. The van der Waals surface area contributed by atoms with Gasteiger partial charge in [0, 0.05) is 24.7 Å². The molecule has 4 atom stereocenters. The molecule has 25 heavy (non-hydrogen) atoms.